The average molecular weight is 512 g/mol. The molecule has 3 aromatic heterocycles. The number of benzene rings is 1. The van der Waals surface area contributed by atoms with Crippen molar-refractivity contribution in [2.75, 3.05) is 6.54 Å². The molecule has 8 nitrogen and oxygen atoms in total. The highest BCUT2D eigenvalue weighted by Crippen LogP contribution is 2.47. The molecule has 0 spiro atoms. The van der Waals surface area contributed by atoms with Gasteiger partial charge in [0.25, 0.3) is 5.91 Å². The monoisotopic (exact) mass is 511 g/mol. The number of rotatable bonds is 5. The van der Waals surface area contributed by atoms with Crippen molar-refractivity contribution in [2.45, 2.75) is 50.5 Å². The van der Waals surface area contributed by atoms with Crippen molar-refractivity contribution in [3.8, 4) is 11.3 Å². The molecule has 2 unspecified atom stereocenters. The molecule has 0 radical (unpaired) electrons. The van der Waals surface area contributed by atoms with Gasteiger partial charge in [-0.05, 0) is 55.9 Å². The number of carboxylic acids is 1. The lowest BCUT2D eigenvalue weighted by Gasteiger charge is -2.35. The Bertz CT molecular complexity index is 1630. The van der Waals surface area contributed by atoms with Gasteiger partial charge in [-0.15, -0.1) is 0 Å². The van der Waals surface area contributed by atoms with Crippen molar-refractivity contribution in [1.29, 1.82) is 0 Å². The third kappa shape index (κ3) is 3.76. The van der Waals surface area contributed by atoms with Crippen molar-refractivity contribution in [2.24, 2.45) is 5.92 Å². The smallest absolute Gasteiger partial charge is 0.307 e. The number of halogens is 1. The number of carbonyl (C=O) groups is 2. The molecule has 7 rings (SSSR count). The summed E-state index contributed by atoms with van der Waals surface area (Å²) in [4.78, 5) is 35.8. The summed E-state index contributed by atoms with van der Waals surface area (Å²) in [6.45, 7) is 2.67. The van der Waals surface area contributed by atoms with E-state index in [-0.39, 0.29) is 29.3 Å². The fraction of sp³-hybridized carbons (Fsp3) is 0.345. The van der Waals surface area contributed by atoms with Gasteiger partial charge in [0.1, 0.15) is 11.5 Å². The molecule has 38 heavy (non-hydrogen) atoms. The topological polar surface area (TPSA) is 101 Å². The zero-order valence-corrected chi connectivity index (χ0v) is 20.8. The summed E-state index contributed by atoms with van der Waals surface area (Å²) in [5, 5.41) is 13.8. The van der Waals surface area contributed by atoms with E-state index in [1.165, 1.54) is 17.8 Å². The van der Waals surface area contributed by atoms with Crippen LogP contribution in [0.5, 0.6) is 0 Å². The van der Waals surface area contributed by atoms with Crippen LogP contribution < -0.4 is 0 Å². The Kier molecular flexibility index (Phi) is 5.11. The van der Waals surface area contributed by atoms with Gasteiger partial charge in [0.2, 0.25) is 0 Å². The zero-order valence-electron chi connectivity index (χ0n) is 20.8. The van der Waals surface area contributed by atoms with E-state index in [2.05, 4.69) is 27.2 Å². The molecular weight excluding hydrogens is 485 g/mol. The van der Waals surface area contributed by atoms with Crippen molar-refractivity contribution >= 4 is 17.5 Å². The number of aromatic nitrogens is 4. The molecule has 4 heterocycles. The van der Waals surface area contributed by atoms with Gasteiger partial charge < -0.3 is 10.0 Å². The molecule has 0 saturated heterocycles. The van der Waals surface area contributed by atoms with Crippen LogP contribution in [0.4, 0.5) is 4.39 Å². The molecule has 3 aliphatic rings. The summed E-state index contributed by atoms with van der Waals surface area (Å²) >= 11 is 0. The molecule has 9 heteroatoms. The summed E-state index contributed by atoms with van der Waals surface area (Å²) in [5.41, 5.74) is 5.26. The van der Waals surface area contributed by atoms with E-state index in [0.717, 1.165) is 30.5 Å². The highest BCUT2D eigenvalue weighted by Gasteiger charge is 2.45. The van der Waals surface area contributed by atoms with Gasteiger partial charge in [0.05, 0.1) is 23.2 Å². The number of pyridine rings is 1. The molecule has 2 fully saturated rings. The van der Waals surface area contributed by atoms with Crippen LogP contribution >= 0.6 is 0 Å². The van der Waals surface area contributed by atoms with Crippen LogP contribution in [-0.2, 0) is 11.2 Å². The molecule has 1 N–H and O–H groups in total. The number of fused-ring (bicyclic) bond motifs is 2. The van der Waals surface area contributed by atoms with Crippen LogP contribution in [0.2, 0.25) is 0 Å². The second kappa shape index (κ2) is 8.44. The fourth-order valence-corrected chi connectivity index (χ4v) is 5.74. The van der Waals surface area contributed by atoms with E-state index >= 15 is 4.39 Å². The lowest BCUT2D eigenvalue weighted by molar-refractivity contribution is -0.138. The first kappa shape index (κ1) is 23.0. The lowest BCUT2D eigenvalue weighted by atomic mass is 9.93. The molecule has 3 atom stereocenters. The van der Waals surface area contributed by atoms with Crippen LogP contribution in [0.25, 0.3) is 16.9 Å². The summed E-state index contributed by atoms with van der Waals surface area (Å²) in [5.74, 6) is -1.96. The second-order valence-corrected chi connectivity index (χ2v) is 10.6. The summed E-state index contributed by atoms with van der Waals surface area (Å²) in [6.07, 6.45) is 4.71. The maximum Gasteiger partial charge on any atom is 0.307 e. The SMILES string of the molecule is C[C@@H]1c2ccccc2CCN1C(=O)c1cc(C2CC2)n2nc(-c3cnc(C4CC4C(=O)O)cc3F)cc2n1. The Morgan fingerprint density at radius 1 is 1.13 bits per heavy atom. The second-order valence-electron chi connectivity index (χ2n) is 10.6. The first-order valence-electron chi connectivity index (χ1n) is 13.1. The normalized spacial score (nSPS) is 22.4. The van der Waals surface area contributed by atoms with Crippen molar-refractivity contribution in [3.05, 3.63) is 82.7 Å². The van der Waals surface area contributed by atoms with Gasteiger partial charge in [-0.25, -0.2) is 13.9 Å². The average Bonchev–Trinajstić information content (AvgIpc) is 3.84. The number of nitrogens with zero attached hydrogens (tertiary/aromatic N) is 5. The first-order valence-corrected chi connectivity index (χ1v) is 13.1. The van der Waals surface area contributed by atoms with E-state index in [1.807, 2.05) is 30.0 Å². The fourth-order valence-electron chi connectivity index (χ4n) is 5.74. The minimum Gasteiger partial charge on any atom is -0.481 e. The standard InChI is InChI=1S/C29H26FN5O3/c1-15-18-5-3-2-4-16(18)8-9-34(15)28(36)25-12-26(17-6-7-17)35-27(32-25)13-24(33-35)21-14-31-23(11-22(21)30)19-10-20(19)29(37)38/h2-5,11-15,17,19-20H,6-10H2,1H3,(H,37,38)/t15-,19?,20?/m1/s1. The van der Waals surface area contributed by atoms with Gasteiger partial charge in [-0.1, -0.05) is 24.3 Å². The maximum absolute atomic E-state index is 15.1. The number of aliphatic carboxylic acids is 1. The predicted octanol–water partition coefficient (Wildman–Crippen LogP) is 4.76. The first-order chi connectivity index (χ1) is 18.4. The third-order valence-corrected chi connectivity index (χ3v) is 8.16. The molecule has 2 saturated carbocycles. The van der Waals surface area contributed by atoms with Crippen molar-refractivity contribution < 1.29 is 19.1 Å². The van der Waals surface area contributed by atoms with Gasteiger partial charge in [-0.2, -0.15) is 5.10 Å². The third-order valence-electron chi connectivity index (χ3n) is 8.16. The van der Waals surface area contributed by atoms with Crippen LogP contribution in [0, 0.1) is 11.7 Å². The zero-order chi connectivity index (χ0) is 26.1. The predicted molar refractivity (Wildman–Crippen MR) is 136 cm³/mol. The summed E-state index contributed by atoms with van der Waals surface area (Å²) < 4.78 is 16.9. The Labute approximate surface area is 218 Å². The quantitative estimate of drug-likeness (QED) is 0.415. The molecule has 2 aliphatic carbocycles. The summed E-state index contributed by atoms with van der Waals surface area (Å²) in [6, 6.07) is 13.0. The van der Waals surface area contributed by atoms with E-state index in [1.54, 1.807) is 10.6 Å². The highest BCUT2D eigenvalue weighted by atomic mass is 19.1. The lowest BCUT2D eigenvalue weighted by Crippen LogP contribution is -2.39. The Hall–Kier alpha value is -4.14. The van der Waals surface area contributed by atoms with Crippen LogP contribution in [0.15, 0.2) is 48.7 Å². The minimum absolute atomic E-state index is 0.0544. The van der Waals surface area contributed by atoms with E-state index in [4.69, 9.17) is 0 Å². The molecule has 0 bridgehead atoms. The number of hydrogen-bond donors (Lipinski definition) is 1. The van der Waals surface area contributed by atoms with E-state index in [0.29, 0.717) is 35.7 Å². The van der Waals surface area contributed by atoms with Crippen molar-refractivity contribution in [3.63, 3.8) is 0 Å². The molecular formula is C29H26FN5O3. The van der Waals surface area contributed by atoms with Crippen LogP contribution in [0.1, 0.15) is 77.1 Å². The van der Waals surface area contributed by atoms with Crippen molar-refractivity contribution in [1.82, 2.24) is 24.5 Å². The van der Waals surface area contributed by atoms with Gasteiger partial charge in [0.15, 0.2) is 5.65 Å². The van der Waals surface area contributed by atoms with Gasteiger partial charge in [0, 0.05) is 42.0 Å². The van der Waals surface area contributed by atoms with E-state index < -0.39 is 17.7 Å². The minimum atomic E-state index is -0.881. The maximum atomic E-state index is 15.1. The van der Waals surface area contributed by atoms with Crippen LogP contribution in [0.3, 0.4) is 0 Å². The highest BCUT2D eigenvalue weighted by molar-refractivity contribution is 5.93. The number of hydrogen-bond acceptors (Lipinski definition) is 5. The van der Waals surface area contributed by atoms with E-state index in [9.17, 15) is 14.7 Å². The Morgan fingerprint density at radius 2 is 1.95 bits per heavy atom. The summed E-state index contributed by atoms with van der Waals surface area (Å²) in [7, 11) is 0. The van der Waals surface area contributed by atoms with Gasteiger partial charge in [-0.3, -0.25) is 14.6 Å². The van der Waals surface area contributed by atoms with Gasteiger partial charge >= 0.3 is 5.97 Å². The molecule has 1 aliphatic heterocycles. The molecule has 1 aromatic carbocycles. The Balaban J connectivity index is 1.23. The van der Waals surface area contributed by atoms with Crippen LogP contribution in [-0.4, -0.2) is 48.0 Å². The molecule has 192 valence electrons. The number of carboxylic acid groups (broad SMARTS) is 1. The molecule has 4 aromatic rings. The molecule has 1 amide bonds. The number of carbonyl (C=O) groups excluding carboxylic acids is 1. The Morgan fingerprint density at radius 3 is 2.68 bits per heavy atom. The largest absolute Gasteiger partial charge is 0.481 e. The number of amides is 1.